The largest absolute Gasteiger partial charge is 0.384 e. The fraction of sp³-hybridized carbons (Fsp3) is 0.143. The molecule has 0 amide bonds. The summed E-state index contributed by atoms with van der Waals surface area (Å²) in [5.41, 5.74) is 15.0. The molecule has 0 aliphatic rings. The number of rotatable bonds is 3. The van der Waals surface area contributed by atoms with E-state index in [-0.39, 0.29) is 0 Å². The molecule has 0 saturated heterocycles. The van der Waals surface area contributed by atoms with Gasteiger partial charge in [0, 0.05) is 5.56 Å². The van der Waals surface area contributed by atoms with Gasteiger partial charge in [0.15, 0.2) is 5.65 Å². The van der Waals surface area contributed by atoms with Crippen LogP contribution in [0.2, 0.25) is 0 Å². The van der Waals surface area contributed by atoms with Crippen LogP contribution in [0.15, 0.2) is 36.4 Å². The molecule has 0 saturated carbocycles. The Morgan fingerprint density at radius 3 is 2.84 bits per heavy atom. The molecule has 1 aromatic carbocycles. The van der Waals surface area contributed by atoms with E-state index in [1.54, 1.807) is 6.07 Å². The van der Waals surface area contributed by atoms with Gasteiger partial charge < -0.3 is 16.5 Å². The predicted molar refractivity (Wildman–Crippen MR) is 76.5 cm³/mol. The average Bonchev–Trinajstić information content (AvgIpc) is 2.82. The lowest BCUT2D eigenvalue weighted by molar-refractivity contribution is 0.969. The first kappa shape index (κ1) is 11.7. The van der Waals surface area contributed by atoms with Crippen LogP contribution in [0, 0.1) is 0 Å². The van der Waals surface area contributed by atoms with Gasteiger partial charge in [-0.15, -0.1) is 0 Å². The Morgan fingerprint density at radius 2 is 2.00 bits per heavy atom. The summed E-state index contributed by atoms with van der Waals surface area (Å²) in [6, 6.07) is 11.8. The Kier molecular flexibility index (Phi) is 2.89. The number of imidazole rings is 1. The lowest BCUT2D eigenvalue weighted by atomic mass is 10.1. The van der Waals surface area contributed by atoms with E-state index >= 15 is 0 Å². The third kappa shape index (κ3) is 2.28. The molecule has 5 heteroatoms. The number of nitrogen functional groups attached to an aromatic ring is 1. The van der Waals surface area contributed by atoms with Gasteiger partial charge in [-0.1, -0.05) is 18.2 Å². The zero-order chi connectivity index (χ0) is 13.2. The maximum absolute atomic E-state index is 5.66. The van der Waals surface area contributed by atoms with E-state index < -0.39 is 0 Å². The summed E-state index contributed by atoms with van der Waals surface area (Å²) in [6.07, 6.45) is 0.860. The molecular formula is C14H15N5. The summed E-state index contributed by atoms with van der Waals surface area (Å²) in [5.74, 6) is 1.27. The first-order valence-corrected chi connectivity index (χ1v) is 6.18. The Hall–Kier alpha value is -2.40. The van der Waals surface area contributed by atoms with E-state index in [2.05, 4.69) is 27.1 Å². The lowest BCUT2D eigenvalue weighted by Crippen LogP contribution is -2.02. The quantitative estimate of drug-likeness (QED) is 0.662. The lowest BCUT2D eigenvalue weighted by Gasteiger charge is -2.01. The number of nitrogens with two attached hydrogens (primary N) is 2. The Labute approximate surface area is 110 Å². The number of nitrogens with one attached hydrogen (secondary N) is 1. The second-order valence-electron chi connectivity index (χ2n) is 4.43. The molecule has 0 spiro atoms. The summed E-state index contributed by atoms with van der Waals surface area (Å²) >= 11 is 0. The smallest absolute Gasteiger partial charge is 0.180 e. The minimum absolute atomic E-state index is 0.474. The highest BCUT2D eigenvalue weighted by Crippen LogP contribution is 2.21. The monoisotopic (exact) mass is 253 g/mol. The number of aromatic nitrogens is 3. The molecule has 96 valence electrons. The van der Waals surface area contributed by atoms with Gasteiger partial charge in [-0.3, -0.25) is 0 Å². The molecule has 5 nitrogen and oxygen atoms in total. The Bertz CT molecular complexity index is 717. The third-order valence-electron chi connectivity index (χ3n) is 3.00. The Morgan fingerprint density at radius 1 is 1.11 bits per heavy atom. The van der Waals surface area contributed by atoms with Crippen molar-refractivity contribution in [2.45, 2.75) is 6.42 Å². The molecule has 0 bridgehead atoms. The van der Waals surface area contributed by atoms with Crippen molar-refractivity contribution in [3.8, 4) is 11.4 Å². The maximum Gasteiger partial charge on any atom is 0.180 e. The van der Waals surface area contributed by atoms with Crippen molar-refractivity contribution in [1.29, 1.82) is 0 Å². The number of benzene rings is 1. The van der Waals surface area contributed by atoms with Crippen LogP contribution in [-0.4, -0.2) is 21.5 Å². The predicted octanol–water partition coefficient (Wildman–Crippen LogP) is 1.71. The number of fused-ring (bicyclic) bond motifs is 1. The third-order valence-corrected chi connectivity index (χ3v) is 3.00. The van der Waals surface area contributed by atoms with Crippen LogP contribution in [0.4, 0.5) is 5.82 Å². The van der Waals surface area contributed by atoms with E-state index in [4.69, 9.17) is 11.5 Å². The van der Waals surface area contributed by atoms with Crippen molar-refractivity contribution >= 4 is 17.0 Å². The van der Waals surface area contributed by atoms with Crippen LogP contribution in [-0.2, 0) is 6.42 Å². The van der Waals surface area contributed by atoms with Gasteiger partial charge in [-0.2, -0.15) is 0 Å². The highest BCUT2D eigenvalue weighted by molar-refractivity contribution is 5.77. The van der Waals surface area contributed by atoms with E-state index in [0.717, 1.165) is 23.3 Å². The van der Waals surface area contributed by atoms with Gasteiger partial charge in [-0.25, -0.2) is 9.97 Å². The fourth-order valence-corrected chi connectivity index (χ4v) is 2.08. The van der Waals surface area contributed by atoms with E-state index in [1.807, 2.05) is 18.2 Å². The molecule has 2 heterocycles. The summed E-state index contributed by atoms with van der Waals surface area (Å²) in [7, 11) is 0. The molecule has 2 aromatic heterocycles. The second kappa shape index (κ2) is 4.70. The first-order chi connectivity index (χ1) is 9.26. The molecule has 0 atom stereocenters. The second-order valence-corrected chi connectivity index (χ2v) is 4.43. The van der Waals surface area contributed by atoms with Crippen LogP contribution < -0.4 is 11.5 Å². The van der Waals surface area contributed by atoms with Gasteiger partial charge >= 0.3 is 0 Å². The number of anilines is 1. The van der Waals surface area contributed by atoms with Crippen LogP contribution in [0.3, 0.4) is 0 Å². The van der Waals surface area contributed by atoms with E-state index in [0.29, 0.717) is 18.0 Å². The fourth-order valence-electron chi connectivity index (χ4n) is 2.08. The number of hydrogen-bond donors (Lipinski definition) is 3. The SMILES string of the molecule is NCCc1cccc(-c2nc3nc(N)ccc3[nH]2)c1. The molecule has 0 fully saturated rings. The number of nitrogens with zero attached hydrogens (tertiary/aromatic N) is 2. The van der Waals surface area contributed by atoms with Crippen molar-refractivity contribution < 1.29 is 0 Å². The first-order valence-electron chi connectivity index (χ1n) is 6.18. The van der Waals surface area contributed by atoms with Crippen molar-refractivity contribution in [3.63, 3.8) is 0 Å². The summed E-state index contributed by atoms with van der Waals surface area (Å²) in [5, 5.41) is 0. The molecule has 0 radical (unpaired) electrons. The van der Waals surface area contributed by atoms with Gasteiger partial charge in [0.1, 0.15) is 11.6 Å². The highest BCUT2D eigenvalue weighted by atomic mass is 15.0. The molecule has 0 aliphatic carbocycles. The molecule has 19 heavy (non-hydrogen) atoms. The highest BCUT2D eigenvalue weighted by Gasteiger charge is 2.07. The summed E-state index contributed by atoms with van der Waals surface area (Å²) in [6.45, 7) is 0.641. The van der Waals surface area contributed by atoms with Crippen molar-refractivity contribution in [3.05, 3.63) is 42.0 Å². The Balaban J connectivity index is 2.05. The molecule has 0 aliphatic heterocycles. The van der Waals surface area contributed by atoms with Crippen LogP contribution in [0.1, 0.15) is 5.56 Å². The van der Waals surface area contributed by atoms with Crippen LogP contribution in [0.25, 0.3) is 22.6 Å². The van der Waals surface area contributed by atoms with Crippen molar-refractivity contribution in [2.75, 3.05) is 12.3 Å². The number of hydrogen-bond acceptors (Lipinski definition) is 4. The summed E-state index contributed by atoms with van der Waals surface area (Å²) in [4.78, 5) is 11.9. The van der Waals surface area contributed by atoms with Gasteiger partial charge in [0.25, 0.3) is 0 Å². The van der Waals surface area contributed by atoms with Gasteiger partial charge in [-0.05, 0) is 36.7 Å². The molecule has 0 unspecified atom stereocenters. The molecule has 5 N–H and O–H groups in total. The van der Waals surface area contributed by atoms with Crippen molar-refractivity contribution in [1.82, 2.24) is 15.0 Å². The maximum atomic E-state index is 5.66. The summed E-state index contributed by atoms with van der Waals surface area (Å²) < 4.78 is 0. The van der Waals surface area contributed by atoms with Crippen LogP contribution >= 0.6 is 0 Å². The normalized spacial score (nSPS) is 11.0. The number of pyridine rings is 1. The van der Waals surface area contributed by atoms with Gasteiger partial charge in [0.2, 0.25) is 0 Å². The zero-order valence-corrected chi connectivity index (χ0v) is 10.4. The number of aromatic amines is 1. The van der Waals surface area contributed by atoms with E-state index in [9.17, 15) is 0 Å². The van der Waals surface area contributed by atoms with E-state index in [1.165, 1.54) is 5.56 Å². The zero-order valence-electron chi connectivity index (χ0n) is 10.4. The molecule has 3 aromatic rings. The minimum atomic E-state index is 0.474. The topological polar surface area (TPSA) is 93.6 Å². The average molecular weight is 253 g/mol. The van der Waals surface area contributed by atoms with Gasteiger partial charge in [0.05, 0.1) is 5.52 Å². The molecule has 3 rings (SSSR count). The number of H-pyrrole nitrogens is 1. The standard InChI is InChI=1S/C14H15N5/c15-7-6-9-2-1-3-10(8-9)13-17-11-4-5-12(16)18-14(11)19-13/h1-5,8H,6-7,15H2,(H3,16,17,18,19). The minimum Gasteiger partial charge on any atom is -0.384 e. The molecular weight excluding hydrogens is 238 g/mol. The van der Waals surface area contributed by atoms with Crippen LogP contribution in [0.5, 0.6) is 0 Å². The van der Waals surface area contributed by atoms with Crippen molar-refractivity contribution in [2.24, 2.45) is 5.73 Å².